The highest BCUT2D eigenvalue weighted by molar-refractivity contribution is 5.94. The number of benzene rings is 1. The van der Waals surface area contributed by atoms with Crippen LogP contribution in [0.1, 0.15) is 57.8 Å². The minimum absolute atomic E-state index is 0.0159. The first-order valence-electron chi connectivity index (χ1n) is 11.5. The summed E-state index contributed by atoms with van der Waals surface area (Å²) < 4.78 is 0. The highest BCUT2D eigenvalue weighted by Crippen LogP contribution is 2.49. The van der Waals surface area contributed by atoms with E-state index in [1.165, 1.54) is 18.4 Å². The SMILES string of the molecule is Cc1cncc(C(=O)N2CC3(CN(Cc4ccccc4)CC3c3nc(C4CC4)n[nH]3)C2)c1. The summed E-state index contributed by atoms with van der Waals surface area (Å²) in [6, 6.07) is 12.5. The Labute approximate surface area is 187 Å². The Morgan fingerprint density at radius 1 is 1.16 bits per heavy atom. The quantitative estimate of drug-likeness (QED) is 0.676. The largest absolute Gasteiger partial charge is 0.337 e. The molecule has 2 saturated heterocycles. The highest BCUT2D eigenvalue weighted by Gasteiger charge is 2.57. The molecule has 2 aromatic heterocycles. The first kappa shape index (κ1) is 19.6. The molecule has 1 unspecified atom stereocenters. The molecule has 4 heterocycles. The number of aryl methyl sites for hydroxylation is 1. The number of carbonyl (C=O) groups is 1. The van der Waals surface area contributed by atoms with Crippen LogP contribution in [0.5, 0.6) is 0 Å². The zero-order chi connectivity index (χ0) is 21.7. The van der Waals surface area contributed by atoms with Crippen LogP contribution in [0.25, 0.3) is 0 Å². The smallest absolute Gasteiger partial charge is 0.255 e. The number of nitrogens with zero attached hydrogens (tertiary/aromatic N) is 5. The molecule has 1 atom stereocenters. The lowest BCUT2D eigenvalue weighted by atomic mass is 9.71. The summed E-state index contributed by atoms with van der Waals surface area (Å²) in [5.41, 5.74) is 3.01. The number of carbonyl (C=O) groups excluding carboxylic acids is 1. The fourth-order valence-corrected chi connectivity index (χ4v) is 5.41. The van der Waals surface area contributed by atoms with E-state index in [0.717, 1.165) is 49.9 Å². The third-order valence-electron chi connectivity index (χ3n) is 7.18. The minimum atomic E-state index is 0.0159. The minimum Gasteiger partial charge on any atom is -0.337 e. The van der Waals surface area contributed by atoms with Gasteiger partial charge in [-0.3, -0.25) is 19.8 Å². The molecule has 3 aromatic rings. The summed E-state index contributed by atoms with van der Waals surface area (Å²) in [7, 11) is 0. The summed E-state index contributed by atoms with van der Waals surface area (Å²) in [5, 5.41) is 7.78. The number of rotatable bonds is 5. The number of aromatic amines is 1. The van der Waals surface area contributed by atoms with Crippen molar-refractivity contribution >= 4 is 5.91 Å². The molecular formula is C25H28N6O. The van der Waals surface area contributed by atoms with Gasteiger partial charge in [-0.15, -0.1) is 0 Å². The molecular weight excluding hydrogens is 400 g/mol. The van der Waals surface area contributed by atoms with E-state index in [0.29, 0.717) is 11.5 Å². The van der Waals surface area contributed by atoms with Crippen LogP contribution in [0, 0.1) is 12.3 Å². The molecule has 164 valence electrons. The van der Waals surface area contributed by atoms with Crippen LogP contribution in [-0.2, 0) is 6.54 Å². The molecule has 3 aliphatic rings. The third kappa shape index (κ3) is 3.50. The van der Waals surface area contributed by atoms with Crippen molar-refractivity contribution in [3.63, 3.8) is 0 Å². The van der Waals surface area contributed by atoms with E-state index in [9.17, 15) is 4.79 Å². The van der Waals surface area contributed by atoms with Crippen molar-refractivity contribution in [3.8, 4) is 0 Å². The molecule has 6 rings (SSSR count). The van der Waals surface area contributed by atoms with Crippen molar-refractivity contribution in [2.45, 2.75) is 38.1 Å². The molecule has 1 spiro atoms. The predicted molar refractivity (Wildman–Crippen MR) is 120 cm³/mol. The van der Waals surface area contributed by atoms with Gasteiger partial charge in [-0.2, -0.15) is 5.10 Å². The Balaban J connectivity index is 1.23. The van der Waals surface area contributed by atoms with Crippen LogP contribution < -0.4 is 0 Å². The molecule has 7 nitrogen and oxygen atoms in total. The zero-order valence-corrected chi connectivity index (χ0v) is 18.4. The molecule has 3 fully saturated rings. The molecule has 0 bridgehead atoms. The van der Waals surface area contributed by atoms with E-state index < -0.39 is 0 Å². The molecule has 1 aliphatic carbocycles. The molecule has 1 amide bonds. The Kier molecular flexibility index (Phi) is 4.61. The van der Waals surface area contributed by atoms with Gasteiger partial charge in [0.15, 0.2) is 5.82 Å². The highest BCUT2D eigenvalue weighted by atomic mass is 16.2. The number of nitrogens with one attached hydrogen (secondary N) is 1. The molecule has 32 heavy (non-hydrogen) atoms. The maximum Gasteiger partial charge on any atom is 0.255 e. The Bertz CT molecular complexity index is 1130. The van der Waals surface area contributed by atoms with Gasteiger partial charge in [0, 0.05) is 62.4 Å². The van der Waals surface area contributed by atoms with Crippen LogP contribution >= 0.6 is 0 Å². The fourth-order valence-electron chi connectivity index (χ4n) is 5.41. The molecule has 2 aliphatic heterocycles. The number of pyridine rings is 1. The predicted octanol–water partition coefficient (Wildman–Crippen LogP) is 3.13. The van der Waals surface area contributed by atoms with Gasteiger partial charge in [0.25, 0.3) is 5.91 Å². The topological polar surface area (TPSA) is 78.0 Å². The second-order valence-corrected chi connectivity index (χ2v) is 9.84. The number of hydrogen-bond donors (Lipinski definition) is 1. The average Bonchev–Trinajstić information content (AvgIpc) is 3.38. The van der Waals surface area contributed by atoms with Crippen LogP contribution in [-0.4, -0.2) is 62.1 Å². The lowest BCUT2D eigenvalue weighted by Crippen LogP contribution is -2.61. The fraction of sp³-hybridized carbons (Fsp3) is 0.440. The molecule has 1 N–H and O–H groups in total. The van der Waals surface area contributed by atoms with Crippen molar-refractivity contribution in [1.82, 2.24) is 30.0 Å². The second kappa shape index (κ2) is 7.52. The number of amides is 1. The lowest BCUT2D eigenvalue weighted by molar-refractivity contribution is 0.00176. The van der Waals surface area contributed by atoms with Gasteiger partial charge in [0.05, 0.1) is 5.56 Å². The van der Waals surface area contributed by atoms with Crippen molar-refractivity contribution in [3.05, 3.63) is 77.1 Å². The lowest BCUT2D eigenvalue weighted by Gasteiger charge is -2.50. The van der Waals surface area contributed by atoms with Crippen molar-refractivity contribution in [2.24, 2.45) is 5.41 Å². The van der Waals surface area contributed by atoms with Crippen LogP contribution in [0.3, 0.4) is 0 Å². The van der Waals surface area contributed by atoms with Gasteiger partial charge >= 0.3 is 0 Å². The van der Waals surface area contributed by atoms with Crippen molar-refractivity contribution in [2.75, 3.05) is 26.2 Å². The maximum absolute atomic E-state index is 13.1. The van der Waals surface area contributed by atoms with E-state index in [1.54, 1.807) is 12.4 Å². The molecule has 1 aromatic carbocycles. The van der Waals surface area contributed by atoms with Gasteiger partial charge in [-0.25, -0.2) is 4.98 Å². The first-order chi connectivity index (χ1) is 15.6. The van der Waals surface area contributed by atoms with Crippen LogP contribution in [0.2, 0.25) is 0 Å². The van der Waals surface area contributed by atoms with Gasteiger partial charge < -0.3 is 4.90 Å². The summed E-state index contributed by atoms with van der Waals surface area (Å²) in [4.78, 5) is 26.7. The van der Waals surface area contributed by atoms with E-state index in [4.69, 9.17) is 4.98 Å². The van der Waals surface area contributed by atoms with Gasteiger partial charge in [0.1, 0.15) is 5.82 Å². The molecule has 7 heteroatoms. The normalized spacial score (nSPS) is 22.3. The van der Waals surface area contributed by atoms with Crippen molar-refractivity contribution < 1.29 is 4.79 Å². The van der Waals surface area contributed by atoms with E-state index >= 15 is 0 Å². The molecule has 1 saturated carbocycles. The van der Waals surface area contributed by atoms with E-state index in [-0.39, 0.29) is 17.2 Å². The second-order valence-electron chi connectivity index (χ2n) is 9.84. The maximum atomic E-state index is 13.1. The van der Waals surface area contributed by atoms with Gasteiger partial charge in [0.2, 0.25) is 0 Å². The first-order valence-corrected chi connectivity index (χ1v) is 11.5. The summed E-state index contributed by atoms with van der Waals surface area (Å²) in [6.07, 6.45) is 5.84. The Morgan fingerprint density at radius 3 is 2.72 bits per heavy atom. The summed E-state index contributed by atoms with van der Waals surface area (Å²) in [6.45, 7) is 6.27. The Hall–Kier alpha value is -3.06. The molecule has 0 radical (unpaired) electrons. The van der Waals surface area contributed by atoms with Gasteiger partial charge in [-0.1, -0.05) is 30.3 Å². The number of H-pyrrole nitrogens is 1. The van der Waals surface area contributed by atoms with E-state index in [2.05, 4.69) is 50.4 Å². The number of likely N-dealkylation sites (tertiary alicyclic amines) is 2. The summed E-state index contributed by atoms with van der Waals surface area (Å²) in [5.74, 6) is 2.82. The standard InChI is InChI=1S/C25H28N6O/c1-17-9-20(11-26-10-17)24(32)31-15-25(16-31)14-30(12-18-5-3-2-4-6-18)13-21(25)23-27-22(28-29-23)19-7-8-19/h2-6,9-11,19,21H,7-8,12-16H2,1H3,(H,27,28,29). The van der Waals surface area contributed by atoms with Crippen LogP contribution in [0.4, 0.5) is 0 Å². The average molecular weight is 429 g/mol. The van der Waals surface area contributed by atoms with Crippen molar-refractivity contribution in [1.29, 1.82) is 0 Å². The third-order valence-corrected chi connectivity index (χ3v) is 7.18. The number of hydrogen-bond acceptors (Lipinski definition) is 5. The monoisotopic (exact) mass is 428 g/mol. The van der Waals surface area contributed by atoms with E-state index in [1.807, 2.05) is 17.9 Å². The zero-order valence-electron chi connectivity index (χ0n) is 18.4. The van der Waals surface area contributed by atoms with Gasteiger partial charge in [-0.05, 0) is 37.0 Å². The van der Waals surface area contributed by atoms with Crippen LogP contribution in [0.15, 0.2) is 48.8 Å². The number of aromatic nitrogens is 4. The Morgan fingerprint density at radius 2 is 1.97 bits per heavy atom. The summed E-state index contributed by atoms with van der Waals surface area (Å²) >= 11 is 0.